The summed E-state index contributed by atoms with van der Waals surface area (Å²) in [5, 5.41) is 3.43. The molecule has 106 valence electrons. The Hall–Kier alpha value is -0.120. The minimum absolute atomic E-state index is 0.853. The summed E-state index contributed by atoms with van der Waals surface area (Å²) in [6.07, 6.45) is 7.15. The number of nitrogens with one attached hydrogen (secondary N) is 1. The fourth-order valence-electron chi connectivity index (χ4n) is 3.64. The van der Waals surface area contributed by atoms with Gasteiger partial charge in [-0.1, -0.05) is 26.2 Å². The Balaban J connectivity index is 1.73. The van der Waals surface area contributed by atoms with Gasteiger partial charge in [-0.05, 0) is 25.8 Å². The highest BCUT2D eigenvalue weighted by atomic mass is 15.2. The topological polar surface area (TPSA) is 18.5 Å². The quantitative estimate of drug-likeness (QED) is 0.806. The van der Waals surface area contributed by atoms with E-state index >= 15 is 0 Å². The van der Waals surface area contributed by atoms with Crippen LogP contribution in [0, 0.1) is 5.92 Å². The van der Waals surface area contributed by atoms with Gasteiger partial charge in [-0.15, -0.1) is 0 Å². The monoisotopic (exact) mass is 253 g/mol. The fourth-order valence-corrected chi connectivity index (χ4v) is 3.64. The van der Waals surface area contributed by atoms with Gasteiger partial charge in [0.05, 0.1) is 0 Å². The van der Waals surface area contributed by atoms with E-state index < -0.39 is 0 Å². The smallest absolute Gasteiger partial charge is 0.0121 e. The predicted octanol–water partition coefficient (Wildman–Crippen LogP) is 1.79. The third kappa shape index (κ3) is 3.94. The number of nitrogens with zero attached hydrogens (tertiary/aromatic N) is 2. The average Bonchev–Trinajstić information content (AvgIpc) is 2.45. The molecule has 1 saturated carbocycles. The van der Waals surface area contributed by atoms with Crippen LogP contribution in [0.15, 0.2) is 0 Å². The normalized spacial score (nSPS) is 30.8. The van der Waals surface area contributed by atoms with Crippen molar-refractivity contribution in [2.24, 2.45) is 5.92 Å². The second-order valence-corrected chi connectivity index (χ2v) is 6.09. The van der Waals surface area contributed by atoms with Gasteiger partial charge in [0.2, 0.25) is 0 Å². The molecule has 0 aromatic heterocycles. The van der Waals surface area contributed by atoms with E-state index in [0.717, 1.165) is 12.0 Å². The highest BCUT2D eigenvalue weighted by Gasteiger charge is 2.26. The Morgan fingerprint density at radius 1 is 1.17 bits per heavy atom. The van der Waals surface area contributed by atoms with Crippen molar-refractivity contribution >= 4 is 0 Å². The zero-order valence-corrected chi connectivity index (χ0v) is 12.3. The molecule has 0 amide bonds. The number of hydrogen-bond acceptors (Lipinski definition) is 3. The van der Waals surface area contributed by atoms with Crippen LogP contribution in [-0.4, -0.2) is 62.2 Å². The first-order valence-electron chi connectivity index (χ1n) is 7.94. The van der Waals surface area contributed by atoms with Crippen LogP contribution in [0.4, 0.5) is 0 Å². The summed E-state index contributed by atoms with van der Waals surface area (Å²) in [4.78, 5) is 5.26. The Labute approximate surface area is 113 Å². The molecule has 0 spiro atoms. The second kappa shape index (κ2) is 7.46. The first-order valence-corrected chi connectivity index (χ1v) is 7.94. The predicted molar refractivity (Wildman–Crippen MR) is 78.0 cm³/mol. The summed E-state index contributed by atoms with van der Waals surface area (Å²) in [6.45, 7) is 9.68. The first-order chi connectivity index (χ1) is 8.81. The Bertz CT molecular complexity index is 226. The molecule has 0 aromatic carbocycles. The van der Waals surface area contributed by atoms with Crippen molar-refractivity contribution in [2.45, 2.75) is 45.1 Å². The van der Waals surface area contributed by atoms with Crippen LogP contribution in [0.1, 0.15) is 39.0 Å². The van der Waals surface area contributed by atoms with Gasteiger partial charge in [-0.3, -0.25) is 4.90 Å². The number of likely N-dealkylation sites (N-methyl/N-ethyl adjacent to an activating group) is 1. The van der Waals surface area contributed by atoms with Crippen molar-refractivity contribution in [2.75, 3.05) is 46.3 Å². The molecule has 2 atom stereocenters. The molecule has 1 aliphatic carbocycles. The summed E-state index contributed by atoms with van der Waals surface area (Å²) < 4.78 is 0. The van der Waals surface area contributed by atoms with Gasteiger partial charge in [-0.2, -0.15) is 0 Å². The van der Waals surface area contributed by atoms with E-state index in [-0.39, 0.29) is 0 Å². The van der Waals surface area contributed by atoms with E-state index in [1.807, 2.05) is 0 Å². The van der Waals surface area contributed by atoms with Gasteiger partial charge in [0, 0.05) is 45.3 Å². The van der Waals surface area contributed by atoms with Crippen molar-refractivity contribution in [1.29, 1.82) is 0 Å². The molecule has 0 radical (unpaired) electrons. The van der Waals surface area contributed by atoms with Crippen molar-refractivity contribution in [3.8, 4) is 0 Å². The number of piperazine rings is 1. The number of rotatable bonds is 5. The maximum atomic E-state index is 3.43. The van der Waals surface area contributed by atoms with Gasteiger partial charge in [0.15, 0.2) is 0 Å². The van der Waals surface area contributed by atoms with E-state index in [4.69, 9.17) is 0 Å². The molecule has 1 heterocycles. The van der Waals surface area contributed by atoms with Gasteiger partial charge in [-0.25, -0.2) is 0 Å². The molecular weight excluding hydrogens is 222 g/mol. The second-order valence-electron chi connectivity index (χ2n) is 6.09. The molecule has 2 fully saturated rings. The Kier molecular flexibility index (Phi) is 5.93. The zero-order chi connectivity index (χ0) is 12.8. The first kappa shape index (κ1) is 14.3. The van der Waals surface area contributed by atoms with Crippen molar-refractivity contribution in [3.05, 3.63) is 0 Å². The molecule has 1 aliphatic heterocycles. The lowest BCUT2D eigenvalue weighted by Gasteiger charge is -2.39. The molecule has 1 saturated heterocycles. The molecule has 0 aromatic rings. The van der Waals surface area contributed by atoms with Crippen LogP contribution in [0.5, 0.6) is 0 Å². The molecule has 1 N–H and O–H groups in total. The maximum absolute atomic E-state index is 3.43. The summed E-state index contributed by atoms with van der Waals surface area (Å²) in [5.41, 5.74) is 0. The van der Waals surface area contributed by atoms with Gasteiger partial charge in [0.25, 0.3) is 0 Å². The molecule has 3 nitrogen and oxygen atoms in total. The molecular formula is C15H31N3. The highest BCUT2D eigenvalue weighted by Crippen LogP contribution is 2.29. The maximum Gasteiger partial charge on any atom is 0.0121 e. The molecule has 0 bridgehead atoms. The van der Waals surface area contributed by atoms with Gasteiger partial charge in [0.1, 0.15) is 0 Å². The Morgan fingerprint density at radius 3 is 2.61 bits per heavy atom. The van der Waals surface area contributed by atoms with Crippen LogP contribution < -0.4 is 5.32 Å². The molecule has 2 unspecified atom stereocenters. The van der Waals surface area contributed by atoms with Crippen LogP contribution >= 0.6 is 0 Å². The van der Waals surface area contributed by atoms with Crippen LogP contribution in [0.3, 0.4) is 0 Å². The van der Waals surface area contributed by atoms with E-state index in [9.17, 15) is 0 Å². The SMILES string of the molecule is CCC1CCCCC1N(C)CCN1CCNCC1. The van der Waals surface area contributed by atoms with Gasteiger partial charge >= 0.3 is 0 Å². The molecule has 3 heteroatoms. The lowest BCUT2D eigenvalue weighted by molar-refractivity contribution is 0.109. The summed E-state index contributed by atoms with van der Waals surface area (Å²) >= 11 is 0. The van der Waals surface area contributed by atoms with Gasteiger partial charge < -0.3 is 10.2 Å². The standard InChI is InChI=1S/C15H31N3/c1-3-14-6-4-5-7-15(14)17(2)12-13-18-10-8-16-9-11-18/h14-16H,3-13H2,1-2H3. The minimum atomic E-state index is 0.853. The lowest BCUT2D eigenvalue weighted by Crippen LogP contribution is -2.48. The molecule has 18 heavy (non-hydrogen) atoms. The summed E-state index contributed by atoms with van der Waals surface area (Å²) in [6, 6.07) is 0.853. The van der Waals surface area contributed by atoms with Crippen LogP contribution in [0.25, 0.3) is 0 Å². The highest BCUT2D eigenvalue weighted by molar-refractivity contribution is 4.82. The third-order valence-corrected chi connectivity index (χ3v) is 4.94. The van der Waals surface area contributed by atoms with E-state index in [1.165, 1.54) is 71.4 Å². The number of hydrogen-bond donors (Lipinski definition) is 1. The summed E-state index contributed by atoms with van der Waals surface area (Å²) in [5.74, 6) is 0.951. The molecule has 2 rings (SSSR count). The Morgan fingerprint density at radius 2 is 1.89 bits per heavy atom. The van der Waals surface area contributed by atoms with Crippen LogP contribution in [-0.2, 0) is 0 Å². The van der Waals surface area contributed by atoms with Crippen LogP contribution in [0.2, 0.25) is 0 Å². The van der Waals surface area contributed by atoms with Crippen molar-refractivity contribution in [1.82, 2.24) is 15.1 Å². The zero-order valence-electron chi connectivity index (χ0n) is 12.3. The fraction of sp³-hybridized carbons (Fsp3) is 1.00. The largest absolute Gasteiger partial charge is 0.314 e. The average molecular weight is 253 g/mol. The third-order valence-electron chi connectivity index (χ3n) is 4.94. The lowest BCUT2D eigenvalue weighted by atomic mass is 9.82. The van der Waals surface area contributed by atoms with Crippen molar-refractivity contribution < 1.29 is 0 Å². The minimum Gasteiger partial charge on any atom is -0.314 e. The van der Waals surface area contributed by atoms with E-state index in [2.05, 4.69) is 29.1 Å². The van der Waals surface area contributed by atoms with E-state index in [1.54, 1.807) is 0 Å². The molecule has 2 aliphatic rings. The van der Waals surface area contributed by atoms with Crippen molar-refractivity contribution in [3.63, 3.8) is 0 Å². The van der Waals surface area contributed by atoms with E-state index in [0.29, 0.717) is 0 Å². The summed E-state index contributed by atoms with van der Waals surface area (Å²) in [7, 11) is 2.35.